The van der Waals surface area contributed by atoms with Crippen LogP contribution in [-0.4, -0.2) is 62.9 Å². The lowest BCUT2D eigenvalue weighted by Gasteiger charge is -2.20. The third kappa shape index (κ3) is 2.55. The molecule has 0 aliphatic carbocycles. The number of aliphatic hydroxyl groups excluding tert-OH is 3. The molecule has 0 amide bonds. The molecule has 1 aromatic rings. The maximum atomic E-state index is 12.1. The van der Waals surface area contributed by atoms with Crippen LogP contribution in [0.1, 0.15) is 19.1 Å². The summed E-state index contributed by atoms with van der Waals surface area (Å²) in [6.45, 7) is 1.33. The summed E-state index contributed by atoms with van der Waals surface area (Å²) in [6.07, 6.45) is -0.785. The summed E-state index contributed by atoms with van der Waals surface area (Å²) in [6, 6.07) is 1.70. The summed E-state index contributed by atoms with van der Waals surface area (Å²) in [4.78, 5) is 18.2. The van der Waals surface area contributed by atoms with Gasteiger partial charge in [0.2, 0.25) is 0 Å². The molecule has 4 atom stereocenters. The molecule has 2 aliphatic rings. The molecule has 0 saturated carbocycles. The molecule has 21 heavy (non-hydrogen) atoms. The lowest BCUT2D eigenvalue weighted by Crippen LogP contribution is -2.36. The zero-order valence-electron chi connectivity index (χ0n) is 11.5. The average molecular weight is 297 g/mol. The Morgan fingerprint density at radius 1 is 1.29 bits per heavy atom. The number of nitrogens with zero attached hydrogens (tertiary/aromatic N) is 3. The summed E-state index contributed by atoms with van der Waals surface area (Å²) in [5.74, 6) is 0.612. The number of ether oxygens (including phenoxy) is 1. The highest BCUT2D eigenvalue weighted by Crippen LogP contribution is 2.28. The first-order valence-electron chi connectivity index (χ1n) is 7.08. The van der Waals surface area contributed by atoms with Crippen molar-refractivity contribution >= 4 is 5.82 Å². The smallest absolute Gasteiger partial charge is 0.351 e. The number of rotatable bonds is 3. The van der Waals surface area contributed by atoms with E-state index in [1.807, 2.05) is 4.90 Å². The molecular formula is C13H19N3O5. The predicted molar refractivity (Wildman–Crippen MR) is 73.0 cm³/mol. The molecule has 2 saturated heterocycles. The summed E-state index contributed by atoms with van der Waals surface area (Å²) in [5, 5.41) is 28.7. The van der Waals surface area contributed by atoms with Crippen LogP contribution in [0.2, 0.25) is 0 Å². The maximum Gasteiger partial charge on any atom is 0.351 e. The van der Waals surface area contributed by atoms with Crippen LogP contribution in [0.4, 0.5) is 5.82 Å². The normalized spacial score (nSPS) is 32.8. The molecule has 8 nitrogen and oxygen atoms in total. The molecule has 3 rings (SSSR count). The van der Waals surface area contributed by atoms with Crippen molar-refractivity contribution in [1.82, 2.24) is 9.55 Å². The Hall–Kier alpha value is -1.48. The van der Waals surface area contributed by atoms with Gasteiger partial charge in [-0.25, -0.2) is 4.79 Å². The molecule has 0 bridgehead atoms. The third-order valence-electron chi connectivity index (χ3n) is 4.04. The second-order valence-electron chi connectivity index (χ2n) is 5.40. The highest BCUT2D eigenvalue weighted by Gasteiger charge is 2.43. The highest BCUT2D eigenvalue weighted by molar-refractivity contribution is 5.37. The molecule has 116 valence electrons. The van der Waals surface area contributed by atoms with Crippen molar-refractivity contribution < 1.29 is 20.1 Å². The minimum Gasteiger partial charge on any atom is -0.394 e. The molecule has 0 aromatic carbocycles. The van der Waals surface area contributed by atoms with Gasteiger partial charge < -0.3 is 25.0 Å². The first-order valence-corrected chi connectivity index (χ1v) is 7.08. The van der Waals surface area contributed by atoms with E-state index in [2.05, 4.69) is 4.98 Å². The SMILES string of the molecule is O=c1nc(N2CCCC2)ccn1[C@@H]1OC(CO)[C@@H](O)[C@H]1O. The van der Waals surface area contributed by atoms with Gasteiger partial charge in [0.05, 0.1) is 6.61 Å². The summed E-state index contributed by atoms with van der Waals surface area (Å²) in [7, 11) is 0. The van der Waals surface area contributed by atoms with E-state index in [0.29, 0.717) is 5.82 Å². The zero-order valence-corrected chi connectivity index (χ0v) is 11.5. The monoisotopic (exact) mass is 297 g/mol. The van der Waals surface area contributed by atoms with Crippen molar-refractivity contribution in [1.29, 1.82) is 0 Å². The van der Waals surface area contributed by atoms with E-state index in [4.69, 9.17) is 9.84 Å². The van der Waals surface area contributed by atoms with Crippen molar-refractivity contribution in [2.45, 2.75) is 37.4 Å². The van der Waals surface area contributed by atoms with Crippen molar-refractivity contribution in [3.8, 4) is 0 Å². The Morgan fingerprint density at radius 3 is 2.57 bits per heavy atom. The van der Waals surface area contributed by atoms with Crippen molar-refractivity contribution in [3.05, 3.63) is 22.7 Å². The van der Waals surface area contributed by atoms with Crippen LogP contribution < -0.4 is 10.6 Å². The molecule has 1 unspecified atom stereocenters. The predicted octanol–water partition coefficient (Wildman–Crippen LogP) is -1.54. The fraction of sp³-hybridized carbons (Fsp3) is 0.692. The van der Waals surface area contributed by atoms with Gasteiger partial charge in [0.1, 0.15) is 24.1 Å². The Kier molecular flexibility index (Phi) is 3.94. The van der Waals surface area contributed by atoms with E-state index < -0.39 is 36.8 Å². The van der Waals surface area contributed by atoms with E-state index in [-0.39, 0.29) is 0 Å². The number of aromatic nitrogens is 2. The lowest BCUT2D eigenvalue weighted by molar-refractivity contribution is -0.0549. The van der Waals surface area contributed by atoms with Gasteiger partial charge in [-0.15, -0.1) is 0 Å². The molecule has 3 heterocycles. The van der Waals surface area contributed by atoms with E-state index in [1.165, 1.54) is 6.20 Å². The average Bonchev–Trinajstić information content (AvgIpc) is 3.10. The molecule has 1 aromatic heterocycles. The Bertz CT molecular complexity index is 557. The Morgan fingerprint density at radius 2 is 2.00 bits per heavy atom. The van der Waals surface area contributed by atoms with Crippen LogP contribution in [0.5, 0.6) is 0 Å². The van der Waals surface area contributed by atoms with Crippen LogP contribution >= 0.6 is 0 Å². The van der Waals surface area contributed by atoms with Gasteiger partial charge in [-0.2, -0.15) is 4.98 Å². The molecule has 3 N–H and O–H groups in total. The maximum absolute atomic E-state index is 12.1. The van der Waals surface area contributed by atoms with Crippen LogP contribution in [0, 0.1) is 0 Å². The van der Waals surface area contributed by atoms with E-state index in [0.717, 1.165) is 30.5 Å². The van der Waals surface area contributed by atoms with Gasteiger partial charge in [-0.05, 0) is 18.9 Å². The highest BCUT2D eigenvalue weighted by atomic mass is 16.6. The molecule has 2 aliphatic heterocycles. The van der Waals surface area contributed by atoms with E-state index in [1.54, 1.807) is 6.07 Å². The van der Waals surface area contributed by atoms with Gasteiger partial charge in [0.15, 0.2) is 6.23 Å². The summed E-state index contributed by atoms with van der Waals surface area (Å²) >= 11 is 0. The first-order chi connectivity index (χ1) is 10.1. The third-order valence-corrected chi connectivity index (χ3v) is 4.04. The number of anilines is 1. The molecule has 2 fully saturated rings. The standard InChI is InChI=1S/C13H19N3O5/c17-7-8-10(18)11(19)12(21-8)16-6-3-9(14-13(16)20)15-4-1-2-5-15/h3,6,8,10-12,17-19H,1-2,4-5,7H2/t8?,10-,11-,12-/m1/s1. The second-order valence-corrected chi connectivity index (χ2v) is 5.40. The lowest BCUT2D eigenvalue weighted by atomic mass is 10.1. The van der Waals surface area contributed by atoms with E-state index >= 15 is 0 Å². The first kappa shape index (κ1) is 14.5. The van der Waals surface area contributed by atoms with Crippen molar-refractivity contribution in [2.75, 3.05) is 24.6 Å². The number of hydrogen-bond acceptors (Lipinski definition) is 7. The topological polar surface area (TPSA) is 108 Å². The van der Waals surface area contributed by atoms with Crippen LogP contribution in [0.3, 0.4) is 0 Å². The Balaban J connectivity index is 1.84. The van der Waals surface area contributed by atoms with Gasteiger partial charge in [0.25, 0.3) is 0 Å². The van der Waals surface area contributed by atoms with Crippen LogP contribution in [0.25, 0.3) is 0 Å². The zero-order chi connectivity index (χ0) is 15.0. The van der Waals surface area contributed by atoms with Crippen molar-refractivity contribution in [3.63, 3.8) is 0 Å². The summed E-state index contributed by atoms with van der Waals surface area (Å²) < 4.78 is 6.47. The fourth-order valence-corrected chi connectivity index (χ4v) is 2.83. The van der Waals surface area contributed by atoms with Gasteiger partial charge in [-0.3, -0.25) is 4.57 Å². The van der Waals surface area contributed by atoms with Crippen LogP contribution in [-0.2, 0) is 4.74 Å². The van der Waals surface area contributed by atoms with E-state index in [9.17, 15) is 15.0 Å². The van der Waals surface area contributed by atoms with Crippen LogP contribution in [0.15, 0.2) is 17.1 Å². The molecule has 8 heteroatoms. The van der Waals surface area contributed by atoms with Gasteiger partial charge in [0, 0.05) is 19.3 Å². The summed E-state index contributed by atoms with van der Waals surface area (Å²) in [5.41, 5.74) is -0.547. The molecule has 0 radical (unpaired) electrons. The Labute approximate surface area is 121 Å². The quantitative estimate of drug-likeness (QED) is 0.620. The fourth-order valence-electron chi connectivity index (χ4n) is 2.83. The second kappa shape index (κ2) is 5.72. The number of aliphatic hydroxyl groups is 3. The minimum absolute atomic E-state index is 0.428. The van der Waals surface area contributed by atoms with Gasteiger partial charge >= 0.3 is 5.69 Å². The van der Waals surface area contributed by atoms with Crippen molar-refractivity contribution in [2.24, 2.45) is 0 Å². The minimum atomic E-state index is -1.28. The largest absolute Gasteiger partial charge is 0.394 e. The molecule has 0 spiro atoms. The van der Waals surface area contributed by atoms with Gasteiger partial charge in [-0.1, -0.05) is 0 Å². The number of hydrogen-bond donors (Lipinski definition) is 3. The molecular weight excluding hydrogens is 278 g/mol.